The zero-order valence-corrected chi connectivity index (χ0v) is 21.6. The lowest BCUT2D eigenvalue weighted by atomic mass is 9.52. The Morgan fingerprint density at radius 1 is 0.971 bits per heavy atom. The highest BCUT2D eigenvalue weighted by Crippen LogP contribution is 2.60. The summed E-state index contributed by atoms with van der Waals surface area (Å²) in [6.45, 7) is 5.97. The van der Waals surface area contributed by atoms with Gasteiger partial charge >= 0.3 is 0 Å². The van der Waals surface area contributed by atoms with Gasteiger partial charge in [0.25, 0.3) is 0 Å². The minimum atomic E-state index is -0.366. The first-order valence-electron chi connectivity index (χ1n) is 14.3. The maximum absolute atomic E-state index is 13.8. The minimum Gasteiger partial charge on any atom is -0.368 e. The second-order valence-corrected chi connectivity index (χ2v) is 12.6. The topological polar surface area (TPSA) is 72.6 Å². The molecule has 34 heavy (non-hydrogen) atoms. The fourth-order valence-corrected chi connectivity index (χ4v) is 8.76. The number of carbonyl (C=O) groups is 2. The third-order valence-electron chi connectivity index (χ3n) is 10.7. The van der Waals surface area contributed by atoms with Crippen molar-refractivity contribution in [2.24, 2.45) is 28.9 Å². The number of rotatable bonds is 4. The van der Waals surface area contributed by atoms with E-state index >= 15 is 0 Å². The Labute approximate surface area is 206 Å². The summed E-state index contributed by atoms with van der Waals surface area (Å²) < 4.78 is 5.86. The van der Waals surface area contributed by atoms with Crippen molar-refractivity contribution in [2.45, 2.75) is 122 Å². The molecule has 5 nitrogen and oxygen atoms in total. The number of likely N-dealkylation sites (tertiary alicyclic amines) is 1. The average Bonchev–Trinajstić information content (AvgIpc) is 3.01. The van der Waals surface area contributed by atoms with Crippen molar-refractivity contribution in [1.29, 1.82) is 0 Å². The molecule has 1 saturated heterocycles. The van der Waals surface area contributed by atoms with Crippen molar-refractivity contribution in [3.8, 4) is 0 Å². The summed E-state index contributed by atoms with van der Waals surface area (Å²) >= 11 is 0. The average molecular weight is 471 g/mol. The number of ether oxygens (including phenoxy) is 1. The first-order valence-corrected chi connectivity index (χ1v) is 14.3. The third-order valence-corrected chi connectivity index (χ3v) is 10.7. The first-order chi connectivity index (χ1) is 16.3. The molecular formula is C29H46N2O3. The second kappa shape index (κ2) is 9.59. The van der Waals surface area contributed by atoms with Gasteiger partial charge in [-0.05, 0) is 88.9 Å². The lowest BCUT2D eigenvalue weighted by molar-refractivity contribution is -0.145. The molecule has 2 N–H and O–H groups in total. The molecule has 5 heteroatoms. The van der Waals surface area contributed by atoms with E-state index in [1.807, 2.05) is 0 Å². The molecule has 0 spiro atoms. The van der Waals surface area contributed by atoms with Crippen molar-refractivity contribution in [2.75, 3.05) is 13.2 Å². The monoisotopic (exact) mass is 470 g/mol. The lowest BCUT2D eigenvalue weighted by Crippen LogP contribution is -2.58. The van der Waals surface area contributed by atoms with Crippen LogP contribution in [0.3, 0.4) is 0 Å². The Kier molecular flexibility index (Phi) is 6.87. The molecule has 0 aromatic carbocycles. The Morgan fingerprint density at radius 2 is 1.74 bits per heavy atom. The number of nitrogens with two attached hydrogens (primary N) is 1. The normalized spacial score (nSPS) is 39.0. The van der Waals surface area contributed by atoms with Crippen LogP contribution in [0.5, 0.6) is 0 Å². The predicted molar refractivity (Wildman–Crippen MR) is 134 cm³/mol. The predicted octanol–water partition coefficient (Wildman–Crippen LogP) is 5.52. The highest BCUT2D eigenvalue weighted by Gasteiger charge is 2.54. The molecule has 2 saturated carbocycles. The molecule has 2 amide bonds. The number of allylic oxidation sites excluding steroid dienone is 1. The van der Waals surface area contributed by atoms with Crippen molar-refractivity contribution in [3.05, 3.63) is 11.1 Å². The minimum absolute atomic E-state index is 0.00510. The van der Waals surface area contributed by atoms with E-state index in [1.54, 1.807) is 11.1 Å². The number of carbonyl (C=O) groups excluding carboxylic acids is 2. The molecule has 190 valence electrons. The Hall–Kier alpha value is -1.36. The van der Waals surface area contributed by atoms with E-state index in [0.29, 0.717) is 17.7 Å². The van der Waals surface area contributed by atoms with E-state index < -0.39 is 0 Å². The highest BCUT2D eigenvalue weighted by atomic mass is 16.5. The molecule has 5 atom stereocenters. The van der Waals surface area contributed by atoms with Crippen LogP contribution < -0.4 is 5.73 Å². The largest absolute Gasteiger partial charge is 0.368 e. The van der Waals surface area contributed by atoms with E-state index in [4.69, 9.17) is 10.5 Å². The van der Waals surface area contributed by atoms with E-state index in [-0.39, 0.29) is 35.5 Å². The van der Waals surface area contributed by atoms with Gasteiger partial charge in [0.05, 0.1) is 6.10 Å². The summed E-state index contributed by atoms with van der Waals surface area (Å²) in [4.78, 5) is 27.4. The third kappa shape index (κ3) is 4.24. The number of primary amides is 1. The van der Waals surface area contributed by atoms with Gasteiger partial charge in [0.15, 0.2) is 0 Å². The molecule has 5 aliphatic rings. The van der Waals surface area contributed by atoms with Crippen molar-refractivity contribution < 1.29 is 14.3 Å². The summed E-state index contributed by atoms with van der Waals surface area (Å²) in [5.41, 5.74) is 9.04. The number of amides is 2. The molecule has 4 aliphatic carbocycles. The van der Waals surface area contributed by atoms with E-state index in [9.17, 15) is 9.59 Å². The van der Waals surface area contributed by atoms with Gasteiger partial charge in [0.2, 0.25) is 11.8 Å². The van der Waals surface area contributed by atoms with Crippen LogP contribution >= 0.6 is 0 Å². The van der Waals surface area contributed by atoms with Crippen LogP contribution in [0.4, 0.5) is 0 Å². The quantitative estimate of drug-likeness (QED) is 0.550. The number of hydrogen-bond acceptors (Lipinski definition) is 3. The maximum Gasteiger partial charge on any atom is 0.243 e. The molecular weight excluding hydrogens is 424 g/mol. The van der Waals surface area contributed by atoms with E-state index in [1.165, 1.54) is 44.9 Å². The molecule has 1 heterocycles. The lowest BCUT2D eigenvalue weighted by Gasteiger charge is -2.57. The van der Waals surface area contributed by atoms with Gasteiger partial charge in [-0.3, -0.25) is 9.59 Å². The zero-order chi connectivity index (χ0) is 23.9. The molecule has 1 aliphatic heterocycles. The van der Waals surface area contributed by atoms with Gasteiger partial charge in [0, 0.05) is 23.9 Å². The maximum atomic E-state index is 13.8. The summed E-state index contributed by atoms with van der Waals surface area (Å²) in [7, 11) is 0. The molecule has 0 bridgehead atoms. The SMILES string of the molecule is C[C@]12CCC3=C(CCC4C[C@@H](OCC(N)=O)CC[C@]34C)C1CCCCN2C(=O)C1CCCCC1. The number of nitrogens with zero attached hydrogens (tertiary/aromatic N) is 1. The van der Waals surface area contributed by atoms with Gasteiger partial charge < -0.3 is 15.4 Å². The smallest absolute Gasteiger partial charge is 0.243 e. The van der Waals surface area contributed by atoms with Crippen LogP contribution in [-0.4, -0.2) is 41.5 Å². The van der Waals surface area contributed by atoms with E-state index in [0.717, 1.165) is 57.9 Å². The highest BCUT2D eigenvalue weighted by molar-refractivity contribution is 5.80. The van der Waals surface area contributed by atoms with Gasteiger partial charge in [0.1, 0.15) is 6.61 Å². The zero-order valence-electron chi connectivity index (χ0n) is 21.6. The molecule has 2 unspecified atom stereocenters. The molecule has 0 aromatic rings. The van der Waals surface area contributed by atoms with Crippen LogP contribution in [0.2, 0.25) is 0 Å². The molecule has 3 fully saturated rings. The van der Waals surface area contributed by atoms with Crippen LogP contribution in [0.25, 0.3) is 0 Å². The van der Waals surface area contributed by atoms with Crippen LogP contribution in [0, 0.1) is 23.2 Å². The van der Waals surface area contributed by atoms with Crippen LogP contribution in [-0.2, 0) is 14.3 Å². The fraction of sp³-hybridized carbons (Fsp3) is 0.862. The standard InChI is InChI=1S/C29H46N2O3/c1-28-15-13-22(34-19-26(30)32)18-21(28)11-12-23-24(28)14-16-29(2)25(23)10-6-7-17-31(29)27(33)20-8-4-3-5-9-20/h20-22,25H,3-19H2,1-2H3,(H2,30,32)/t21?,22-,25?,28-,29-/m0/s1. The van der Waals surface area contributed by atoms with Crippen molar-refractivity contribution in [1.82, 2.24) is 4.90 Å². The Balaban J connectivity index is 1.38. The fourth-order valence-electron chi connectivity index (χ4n) is 8.76. The summed E-state index contributed by atoms with van der Waals surface area (Å²) in [6, 6.07) is 0. The summed E-state index contributed by atoms with van der Waals surface area (Å²) in [5, 5.41) is 0. The summed E-state index contributed by atoms with van der Waals surface area (Å²) in [5.74, 6) is 1.55. The number of hydrogen-bond donors (Lipinski definition) is 1. The Morgan fingerprint density at radius 3 is 2.50 bits per heavy atom. The van der Waals surface area contributed by atoms with E-state index in [2.05, 4.69) is 18.7 Å². The molecule has 0 aromatic heterocycles. The Bertz CT molecular complexity index is 831. The molecule has 0 radical (unpaired) electrons. The van der Waals surface area contributed by atoms with Crippen LogP contribution in [0.1, 0.15) is 110 Å². The van der Waals surface area contributed by atoms with Gasteiger partial charge in [-0.25, -0.2) is 0 Å². The molecule has 5 rings (SSSR count). The van der Waals surface area contributed by atoms with Crippen LogP contribution in [0.15, 0.2) is 11.1 Å². The van der Waals surface area contributed by atoms with Crippen molar-refractivity contribution >= 4 is 11.8 Å². The summed E-state index contributed by atoms with van der Waals surface area (Å²) in [6.07, 6.45) is 17.7. The van der Waals surface area contributed by atoms with Gasteiger partial charge in [-0.1, -0.05) is 43.8 Å². The second-order valence-electron chi connectivity index (χ2n) is 12.6. The van der Waals surface area contributed by atoms with Gasteiger partial charge in [-0.2, -0.15) is 0 Å². The first kappa shape index (κ1) is 24.3. The number of fused-ring (bicyclic) bond motifs is 4. The van der Waals surface area contributed by atoms with Gasteiger partial charge in [-0.15, -0.1) is 0 Å². The van der Waals surface area contributed by atoms with Crippen molar-refractivity contribution in [3.63, 3.8) is 0 Å².